The molecule has 0 atom stereocenters. The molecule has 0 spiro atoms. The van der Waals surface area contributed by atoms with Gasteiger partial charge in [0.1, 0.15) is 11.0 Å². The van der Waals surface area contributed by atoms with E-state index >= 15 is 0 Å². The highest BCUT2D eigenvalue weighted by molar-refractivity contribution is 6.29. The van der Waals surface area contributed by atoms with Gasteiger partial charge in [0, 0.05) is 35.1 Å². The highest BCUT2D eigenvalue weighted by Gasteiger charge is 2.26. The van der Waals surface area contributed by atoms with Crippen molar-refractivity contribution in [3.8, 4) is 16.8 Å². The first kappa shape index (κ1) is 14.4. The molecule has 2 aromatic heterocycles. The van der Waals surface area contributed by atoms with Gasteiger partial charge < -0.3 is 0 Å². The molecule has 1 aromatic carbocycles. The third kappa shape index (κ3) is 2.75. The quantitative estimate of drug-likeness (QED) is 0.640. The van der Waals surface area contributed by atoms with Crippen LogP contribution in [0, 0.1) is 12.7 Å². The van der Waals surface area contributed by atoms with Crippen molar-refractivity contribution in [1.29, 1.82) is 0 Å². The average Bonchev–Trinajstić information content (AvgIpc) is 3.28. The number of benzene rings is 1. The second kappa shape index (κ2) is 5.46. The maximum absolute atomic E-state index is 13.8. The van der Waals surface area contributed by atoms with Gasteiger partial charge in [-0.2, -0.15) is 5.10 Å². The van der Waals surface area contributed by atoms with E-state index in [0.717, 1.165) is 35.4 Å². The molecule has 23 heavy (non-hydrogen) atoms. The Bertz CT molecular complexity index is 884. The van der Waals surface area contributed by atoms with Crippen molar-refractivity contribution >= 4 is 11.6 Å². The van der Waals surface area contributed by atoms with Crippen molar-refractivity contribution in [2.24, 2.45) is 0 Å². The molecule has 116 valence electrons. The van der Waals surface area contributed by atoms with E-state index in [4.69, 9.17) is 11.6 Å². The van der Waals surface area contributed by atoms with Gasteiger partial charge in [0.25, 0.3) is 0 Å². The van der Waals surface area contributed by atoms with Gasteiger partial charge in [0.15, 0.2) is 0 Å². The highest BCUT2D eigenvalue weighted by Crippen LogP contribution is 2.41. The Labute approximate surface area is 138 Å². The zero-order chi connectivity index (χ0) is 16.0. The van der Waals surface area contributed by atoms with Gasteiger partial charge in [-0.1, -0.05) is 11.6 Å². The van der Waals surface area contributed by atoms with E-state index in [1.807, 2.05) is 19.1 Å². The van der Waals surface area contributed by atoms with Crippen LogP contribution in [0.5, 0.6) is 0 Å². The number of hydrogen-bond donors (Lipinski definition) is 0. The Morgan fingerprint density at radius 2 is 2.00 bits per heavy atom. The fraction of sp³-hybridized carbons (Fsp3) is 0.222. The largest absolute Gasteiger partial charge is 0.241 e. The predicted octanol–water partition coefficient (Wildman–Crippen LogP) is 4.91. The van der Waals surface area contributed by atoms with Gasteiger partial charge in [0.05, 0.1) is 5.69 Å². The first-order chi connectivity index (χ1) is 11.1. The summed E-state index contributed by atoms with van der Waals surface area (Å²) in [4.78, 5) is 4.42. The number of rotatable bonds is 3. The second-order valence-corrected chi connectivity index (χ2v) is 6.31. The fourth-order valence-corrected chi connectivity index (χ4v) is 3.02. The molecular weight excluding hydrogens is 313 g/mol. The molecule has 0 aliphatic heterocycles. The maximum atomic E-state index is 13.8. The summed E-state index contributed by atoms with van der Waals surface area (Å²) >= 11 is 6.20. The Morgan fingerprint density at radius 1 is 1.17 bits per heavy atom. The van der Waals surface area contributed by atoms with Gasteiger partial charge in [-0.05, 0) is 55.7 Å². The lowest BCUT2D eigenvalue weighted by Crippen LogP contribution is -2.02. The summed E-state index contributed by atoms with van der Waals surface area (Å²) in [5.41, 5.74) is 4.50. The monoisotopic (exact) mass is 327 g/mol. The Morgan fingerprint density at radius 3 is 2.70 bits per heavy atom. The summed E-state index contributed by atoms with van der Waals surface area (Å²) in [5.74, 6) is 0.212. The molecule has 3 aromatic rings. The van der Waals surface area contributed by atoms with Crippen LogP contribution in [0.2, 0.25) is 5.15 Å². The summed E-state index contributed by atoms with van der Waals surface area (Å²) in [6.45, 7) is 1.94. The van der Waals surface area contributed by atoms with E-state index < -0.39 is 0 Å². The minimum absolute atomic E-state index is 0.291. The van der Waals surface area contributed by atoms with E-state index in [1.54, 1.807) is 16.9 Å². The molecule has 0 unspecified atom stereocenters. The molecule has 1 fully saturated rings. The lowest BCUT2D eigenvalue weighted by molar-refractivity contribution is 0.625. The average molecular weight is 328 g/mol. The molecule has 1 aliphatic carbocycles. The minimum Gasteiger partial charge on any atom is -0.241 e. The van der Waals surface area contributed by atoms with Crippen molar-refractivity contribution in [3.05, 3.63) is 65.0 Å². The number of halogens is 2. The van der Waals surface area contributed by atoms with Crippen LogP contribution in [-0.2, 0) is 0 Å². The first-order valence-corrected chi connectivity index (χ1v) is 7.98. The topological polar surface area (TPSA) is 30.7 Å². The number of nitrogens with zero attached hydrogens (tertiary/aromatic N) is 3. The standard InChI is InChI=1S/C18H15ClFN3/c1-11-6-7-21-23(11)17-10-14(20)4-5-15(17)13-8-16(12-2-3-12)22-18(19)9-13/h4-10,12H,2-3H2,1H3. The van der Waals surface area contributed by atoms with Crippen molar-refractivity contribution in [2.45, 2.75) is 25.7 Å². The van der Waals surface area contributed by atoms with E-state index in [9.17, 15) is 4.39 Å². The summed E-state index contributed by atoms with van der Waals surface area (Å²) in [6.07, 6.45) is 4.02. The molecule has 2 heterocycles. The zero-order valence-electron chi connectivity index (χ0n) is 12.6. The molecule has 0 amide bonds. The molecule has 1 saturated carbocycles. The third-order valence-corrected chi connectivity index (χ3v) is 4.33. The second-order valence-electron chi connectivity index (χ2n) is 5.92. The van der Waals surface area contributed by atoms with Crippen LogP contribution in [-0.4, -0.2) is 14.8 Å². The SMILES string of the molecule is Cc1ccnn1-c1cc(F)ccc1-c1cc(Cl)nc(C2CC2)c1. The Hall–Kier alpha value is -2.20. The molecule has 5 heteroatoms. The summed E-state index contributed by atoms with van der Waals surface area (Å²) in [6, 6.07) is 10.5. The van der Waals surface area contributed by atoms with Crippen LogP contribution in [0.25, 0.3) is 16.8 Å². The van der Waals surface area contributed by atoms with Crippen LogP contribution in [0.1, 0.15) is 30.1 Å². The molecule has 0 bridgehead atoms. The normalized spacial score (nSPS) is 14.2. The Balaban J connectivity index is 1.91. The summed E-state index contributed by atoms with van der Waals surface area (Å²) in [5, 5.41) is 4.78. The van der Waals surface area contributed by atoms with Crippen LogP contribution < -0.4 is 0 Å². The molecule has 0 N–H and O–H groups in total. The smallest absolute Gasteiger partial charge is 0.129 e. The van der Waals surface area contributed by atoms with Crippen molar-refractivity contribution in [1.82, 2.24) is 14.8 Å². The van der Waals surface area contributed by atoms with Crippen LogP contribution in [0.4, 0.5) is 4.39 Å². The molecule has 3 nitrogen and oxygen atoms in total. The van der Waals surface area contributed by atoms with Crippen LogP contribution >= 0.6 is 11.6 Å². The van der Waals surface area contributed by atoms with Crippen LogP contribution in [0.3, 0.4) is 0 Å². The summed E-state index contributed by atoms with van der Waals surface area (Å²) in [7, 11) is 0. The van der Waals surface area contributed by atoms with E-state index in [1.165, 1.54) is 12.1 Å². The molecule has 0 radical (unpaired) electrons. The van der Waals surface area contributed by atoms with E-state index in [0.29, 0.717) is 16.8 Å². The molecule has 0 saturated heterocycles. The molecule has 4 rings (SSSR count). The third-order valence-electron chi connectivity index (χ3n) is 4.14. The van der Waals surface area contributed by atoms with E-state index in [2.05, 4.69) is 16.1 Å². The van der Waals surface area contributed by atoms with Crippen LogP contribution in [0.15, 0.2) is 42.6 Å². The van der Waals surface area contributed by atoms with E-state index in [-0.39, 0.29) is 5.82 Å². The van der Waals surface area contributed by atoms with Gasteiger partial charge in [-0.25, -0.2) is 14.1 Å². The van der Waals surface area contributed by atoms with Gasteiger partial charge in [0.2, 0.25) is 0 Å². The first-order valence-electron chi connectivity index (χ1n) is 7.60. The number of hydrogen-bond acceptors (Lipinski definition) is 2. The number of aryl methyl sites for hydroxylation is 1. The van der Waals surface area contributed by atoms with Crippen molar-refractivity contribution in [2.75, 3.05) is 0 Å². The predicted molar refractivity (Wildman–Crippen MR) is 88.5 cm³/mol. The zero-order valence-corrected chi connectivity index (χ0v) is 13.4. The van der Waals surface area contributed by atoms with Crippen molar-refractivity contribution in [3.63, 3.8) is 0 Å². The van der Waals surface area contributed by atoms with Gasteiger partial charge in [-0.3, -0.25) is 0 Å². The van der Waals surface area contributed by atoms with Crippen molar-refractivity contribution < 1.29 is 4.39 Å². The maximum Gasteiger partial charge on any atom is 0.129 e. The lowest BCUT2D eigenvalue weighted by Gasteiger charge is -2.13. The lowest BCUT2D eigenvalue weighted by atomic mass is 10.0. The molecule has 1 aliphatic rings. The fourth-order valence-electron chi connectivity index (χ4n) is 2.81. The minimum atomic E-state index is -0.291. The summed E-state index contributed by atoms with van der Waals surface area (Å²) < 4.78 is 15.5. The van der Waals surface area contributed by atoms with Gasteiger partial charge >= 0.3 is 0 Å². The highest BCUT2D eigenvalue weighted by atomic mass is 35.5. The Kier molecular flexibility index (Phi) is 3.42. The number of aromatic nitrogens is 3. The molecular formula is C18H15ClFN3. The van der Waals surface area contributed by atoms with Gasteiger partial charge in [-0.15, -0.1) is 0 Å². The number of pyridine rings is 1.